The van der Waals surface area contributed by atoms with Gasteiger partial charge in [-0.3, -0.25) is 0 Å². The van der Waals surface area contributed by atoms with E-state index in [1.54, 1.807) is 0 Å². The van der Waals surface area contributed by atoms with E-state index in [1.807, 2.05) is 6.92 Å². The van der Waals surface area contributed by atoms with Gasteiger partial charge in [0.05, 0.1) is 6.04 Å². The summed E-state index contributed by atoms with van der Waals surface area (Å²) < 4.78 is 5.17. The summed E-state index contributed by atoms with van der Waals surface area (Å²) in [6.45, 7) is 12.8. The second kappa shape index (κ2) is 5.60. The maximum absolute atomic E-state index is 5.75. The molecule has 2 aromatic rings. The van der Waals surface area contributed by atoms with Crippen LogP contribution < -0.4 is 5.73 Å². The smallest absolute Gasteiger partial charge is 0.243 e. The zero-order valence-electron chi connectivity index (χ0n) is 13.8. The van der Waals surface area contributed by atoms with E-state index in [9.17, 15) is 0 Å². The van der Waals surface area contributed by atoms with Crippen LogP contribution in [0.2, 0.25) is 0 Å². The summed E-state index contributed by atoms with van der Waals surface area (Å²) >= 11 is 0. The van der Waals surface area contributed by atoms with Crippen LogP contribution in [0, 0.1) is 13.8 Å². The zero-order chi connectivity index (χ0) is 15.8. The highest BCUT2D eigenvalue weighted by Gasteiger charge is 2.18. The average molecular weight is 287 g/mol. The molecule has 0 aliphatic carbocycles. The first-order chi connectivity index (χ1) is 9.68. The summed E-state index contributed by atoms with van der Waals surface area (Å²) in [5.74, 6) is 1.18. The Kier molecular flexibility index (Phi) is 4.19. The molecule has 0 saturated carbocycles. The molecule has 0 radical (unpaired) electrons. The van der Waals surface area contributed by atoms with Gasteiger partial charge >= 0.3 is 0 Å². The lowest BCUT2D eigenvalue weighted by Gasteiger charge is -2.22. The predicted octanol–water partition coefficient (Wildman–Crippen LogP) is 3.59. The van der Waals surface area contributed by atoms with E-state index < -0.39 is 0 Å². The van der Waals surface area contributed by atoms with Crippen LogP contribution in [0.5, 0.6) is 0 Å². The van der Waals surface area contributed by atoms with Crippen molar-refractivity contribution < 1.29 is 4.52 Å². The van der Waals surface area contributed by atoms with E-state index in [-0.39, 0.29) is 11.5 Å². The highest BCUT2D eigenvalue weighted by molar-refractivity contribution is 5.41. The lowest BCUT2D eigenvalue weighted by Crippen LogP contribution is -2.13. The molecule has 2 rings (SSSR count). The monoisotopic (exact) mass is 287 g/mol. The SMILES string of the molecule is Cc1cc(C(C)(C)C)cc(C)c1Cc1noc(C(C)N)n1. The van der Waals surface area contributed by atoms with Crippen LogP contribution in [0.15, 0.2) is 16.7 Å². The second-order valence-electron chi connectivity index (χ2n) is 6.85. The number of benzene rings is 1. The van der Waals surface area contributed by atoms with E-state index in [2.05, 4.69) is 56.9 Å². The van der Waals surface area contributed by atoms with Crippen LogP contribution in [-0.4, -0.2) is 10.1 Å². The van der Waals surface area contributed by atoms with Crippen molar-refractivity contribution in [2.45, 2.75) is 59.4 Å². The zero-order valence-corrected chi connectivity index (χ0v) is 13.8. The molecule has 1 aromatic carbocycles. The predicted molar refractivity (Wildman–Crippen MR) is 84.3 cm³/mol. The first-order valence-electron chi connectivity index (χ1n) is 7.37. The molecule has 0 saturated heterocycles. The van der Waals surface area contributed by atoms with Gasteiger partial charge < -0.3 is 10.3 Å². The Morgan fingerprint density at radius 3 is 2.19 bits per heavy atom. The van der Waals surface area contributed by atoms with E-state index in [0.717, 1.165) is 0 Å². The van der Waals surface area contributed by atoms with Gasteiger partial charge in [-0.25, -0.2) is 0 Å². The van der Waals surface area contributed by atoms with Gasteiger partial charge in [-0.1, -0.05) is 38.1 Å². The molecule has 1 aromatic heterocycles. The summed E-state index contributed by atoms with van der Waals surface area (Å²) in [5.41, 5.74) is 11.1. The minimum absolute atomic E-state index is 0.155. The Morgan fingerprint density at radius 1 is 1.19 bits per heavy atom. The van der Waals surface area contributed by atoms with Crippen LogP contribution in [0.1, 0.15) is 67.7 Å². The molecule has 1 heterocycles. The van der Waals surface area contributed by atoms with Crippen molar-refractivity contribution >= 4 is 0 Å². The van der Waals surface area contributed by atoms with Crippen molar-refractivity contribution in [2.24, 2.45) is 5.73 Å². The van der Waals surface area contributed by atoms with Gasteiger partial charge in [0, 0.05) is 6.42 Å². The van der Waals surface area contributed by atoms with Gasteiger partial charge in [-0.15, -0.1) is 0 Å². The van der Waals surface area contributed by atoms with Gasteiger partial charge in [0.1, 0.15) is 0 Å². The molecule has 0 amide bonds. The molecule has 4 nitrogen and oxygen atoms in total. The number of hydrogen-bond donors (Lipinski definition) is 1. The Labute approximate surface area is 126 Å². The summed E-state index contributed by atoms with van der Waals surface area (Å²) in [6, 6.07) is 4.29. The topological polar surface area (TPSA) is 64.9 Å². The molecule has 0 aliphatic heterocycles. The van der Waals surface area contributed by atoms with Crippen LogP contribution in [0.4, 0.5) is 0 Å². The second-order valence-corrected chi connectivity index (χ2v) is 6.85. The van der Waals surface area contributed by atoms with Gasteiger partial charge in [0.2, 0.25) is 5.89 Å². The molecule has 1 atom stereocenters. The fourth-order valence-corrected chi connectivity index (χ4v) is 2.39. The fraction of sp³-hybridized carbons (Fsp3) is 0.529. The van der Waals surface area contributed by atoms with Crippen molar-refractivity contribution in [1.82, 2.24) is 10.1 Å². The van der Waals surface area contributed by atoms with E-state index in [1.165, 1.54) is 22.3 Å². The van der Waals surface area contributed by atoms with E-state index in [4.69, 9.17) is 10.3 Å². The first-order valence-corrected chi connectivity index (χ1v) is 7.37. The molecule has 0 spiro atoms. The molecule has 0 bridgehead atoms. The fourth-order valence-electron chi connectivity index (χ4n) is 2.39. The Bertz CT molecular complexity index is 613. The van der Waals surface area contributed by atoms with E-state index >= 15 is 0 Å². The largest absolute Gasteiger partial charge is 0.338 e. The maximum Gasteiger partial charge on any atom is 0.243 e. The van der Waals surface area contributed by atoms with Gasteiger partial charge in [-0.2, -0.15) is 4.98 Å². The minimum atomic E-state index is -0.225. The Hall–Kier alpha value is -1.68. The number of hydrogen-bond acceptors (Lipinski definition) is 4. The third-order valence-electron chi connectivity index (χ3n) is 3.77. The Morgan fingerprint density at radius 2 is 1.76 bits per heavy atom. The molecule has 0 fully saturated rings. The van der Waals surface area contributed by atoms with E-state index in [0.29, 0.717) is 18.1 Å². The van der Waals surface area contributed by atoms with Crippen molar-refractivity contribution in [2.75, 3.05) is 0 Å². The molecule has 114 valence electrons. The summed E-state index contributed by atoms with van der Waals surface area (Å²) in [6.07, 6.45) is 0.679. The molecular weight excluding hydrogens is 262 g/mol. The lowest BCUT2D eigenvalue weighted by atomic mass is 9.83. The average Bonchev–Trinajstić information content (AvgIpc) is 2.81. The molecule has 1 unspecified atom stereocenters. The molecule has 0 aliphatic rings. The van der Waals surface area contributed by atoms with Gasteiger partial charge in [0.25, 0.3) is 0 Å². The van der Waals surface area contributed by atoms with Crippen LogP contribution in [0.25, 0.3) is 0 Å². The third kappa shape index (κ3) is 3.50. The molecular formula is C17H25N3O. The van der Waals surface area contributed by atoms with Gasteiger partial charge in [-0.05, 0) is 48.4 Å². The highest BCUT2D eigenvalue weighted by Crippen LogP contribution is 2.27. The van der Waals surface area contributed by atoms with Gasteiger partial charge in [0.15, 0.2) is 5.82 Å². The van der Waals surface area contributed by atoms with Crippen LogP contribution >= 0.6 is 0 Å². The highest BCUT2D eigenvalue weighted by atomic mass is 16.5. The third-order valence-corrected chi connectivity index (χ3v) is 3.77. The van der Waals surface area contributed by atoms with Crippen molar-refractivity contribution in [3.05, 3.63) is 46.1 Å². The van der Waals surface area contributed by atoms with Crippen molar-refractivity contribution in [1.29, 1.82) is 0 Å². The molecule has 21 heavy (non-hydrogen) atoms. The standard InChI is InChI=1S/C17H25N3O/c1-10-7-13(17(4,5)6)8-11(2)14(10)9-15-19-16(12(3)18)21-20-15/h7-8,12H,9,18H2,1-6H3. The quantitative estimate of drug-likeness (QED) is 0.936. The summed E-state index contributed by atoms with van der Waals surface area (Å²) in [7, 11) is 0. The number of nitrogens with two attached hydrogens (primary N) is 1. The number of aryl methyl sites for hydroxylation is 2. The molecule has 4 heteroatoms. The Balaban J connectivity index is 2.32. The molecule has 2 N–H and O–H groups in total. The summed E-state index contributed by atoms with van der Waals surface area (Å²) in [5, 5.41) is 4.02. The lowest BCUT2D eigenvalue weighted by molar-refractivity contribution is 0.357. The van der Waals surface area contributed by atoms with Crippen LogP contribution in [0.3, 0.4) is 0 Å². The number of nitrogens with zero attached hydrogens (tertiary/aromatic N) is 2. The van der Waals surface area contributed by atoms with Crippen LogP contribution in [-0.2, 0) is 11.8 Å². The van der Waals surface area contributed by atoms with Crippen molar-refractivity contribution in [3.63, 3.8) is 0 Å². The number of aromatic nitrogens is 2. The summed E-state index contributed by atoms with van der Waals surface area (Å²) in [4.78, 5) is 4.36. The van der Waals surface area contributed by atoms with Crippen molar-refractivity contribution in [3.8, 4) is 0 Å². The normalized spacial score (nSPS) is 13.5. The maximum atomic E-state index is 5.75. The minimum Gasteiger partial charge on any atom is -0.338 e. The number of rotatable bonds is 3. The first kappa shape index (κ1) is 15.7.